The van der Waals surface area contributed by atoms with Gasteiger partial charge in [-0.05, 0) is 64.8 Å². The highest BCUT2D eigenvalue weighted by Crippen LogP contribution is 2.29. The van der Waals surface area contributed by atoms with Crippen molar-refractivity contribution in [3.05, 3.63) is 50.9 Å². The minimum absolute atomic E-state index is 0.210. The Bertz CT molecular complexity index is 761. The van der Waals surface area contributed by atoms with Crippen molar-refractivity contribution >= 4 is 53.3 Å². The van der Waals surface area contributed by atoms with Gasteiger partial charge >= 0.3 is 0 Å². The SMILES string of the molecule is Cc1cc(N)ccc1S(=O)(=O)Nc1ccc(Br)cc1Br. The molecule has 0 saturated heterocycles. The summed E-state index contributed by atoms with van der Waals surface area (Å²) in [5, 5.41) is 0. The third-order valence-electron chi connectivity index (χ3n) is 2.66. The van der Waals surface area contributed by atoms with Crippen LogP contribution in [0.4, 0.5) is 11.4 Å². The maximum absolute atomic E-state index is 12.4. The highest BCUT2D eigenvalue weighted by molar-refractivity contribution is 9.11. The zero-order valence-corrected chi connectivity index (χ0v) is 14.5. The molecule has 3 N–H and O–H groups in total. The van der Waals surface area contributed by atoms with Crippen LogP contribution in [0.2, 0.25) is 0 Å². The summed E-state index contributed by atoms with van der Waals surface area (Å²) in [4.78, 5) is 0.210. The predicted octanol–water partition coefficient (Wildman–Crippen LogP) is 3.90. The van der Waals surface area contributed by atoms with E-state index >= 15 is 0 Å². The van der Waals surface area contributed by atoms with Crippen molar-refractivity contribution in [1.29, 1.82) is 0 Å². The second-order valence-electron chi connectivity index (χ2n) is 4.25. The lowest BCUT2D eigenvalue weighted by Gasteiger charge is -2.12. The van der Waals surface area contributed by atoms with Crippen molar-refractivity contribution < 1.29 is 8.42 Å². The first kappa shape index (κ1) is 15.3. The number of benzene rings is 2. The number of hydrogen-bond acceptors (Lipinski definition) is 3. The minimum Gasteiger partial charge on any atom is -0.399 e. The maximum atomic E-state index is 12.4. The average Bonchev–Trinajstić information content (AvgIpc) is 2.32. The van der Waals surface area contributed by atoms with Crippen LogP contribution in [0.3, 0.4) is 0 Å². The smallest absolute Gasteiger partial charge is 0.262 e. The molecule has 0 aliphatic rings. The van der Waals surface area contributed by atoms with E-state index in [1.54, 1.807) is 37.3 Å². The number of nitrogens with one attached hydrogen (secondary N) is 1. The van der Waals surface area contributed by atoms with Gasteiger partial charge in [0.05, 0.1) is 10.6 Å². The molecule has 0 aliphatic carbocycles. The van der Waals surface area contributed by atoms with Crippen molar-refractivity contribution in [1.82, 2.24) is 0 Å². The first-order valence-electron chi connectivity index (χ1n) is 5.63. The quantitative estimate of drug-likeness (QED) is 0.741. The zero-order chi connectivity index (χ0) is 14.9. The summed E-state index contributed by atoms with van der Waals surface area (Å²) in [5.74, 6) is 0. The van der Waals surface area contributed by atoms with Gasteiger partial charge in [0.25, 0.3) is 10.0 Å². The van der Waals surface area contributed by atoms with E-state index in [-0.39, 0.29) is 4.90 Å². The zero-order valence-electron chi connectivity index (χ0n) is 10.5. The van der Waals surface area contributed by atoms with Crippen molar-refractivity contribution in [3.8, 4) is 0 Å². The third kappa shape index (κ3) is 3.34. The number of aryl methyl sites for hydroxylation is 1. The number of halogens is 2. The molecule has 0 saturated carbocycles. The summed E-state index contributed by atoms with van der Waals surface area (Å²) in [7, 11) is -3.65. The van der Waals surface area contributed by atoms with Gasteiger partial charge in [-0.1, -0.05) is 15.9 Å². The molecular formula is C13H12Br2N2O2S. The summed E-state index contributed by atoms with van der Waals surface area (Å²) in [6, 6.07) is 9.91. The van der Waals surface area contributed by atoms with Crippen molar-refractivity contribution in [3.63, 3.8) is 0 Å². The molecule has 106 valence electrons. The highest BCUT2D eigenvalue weighted by atomic mass is 79.9. The number of anilines is 2. The molecule has 0 aromatic heterocycles. The van der Waals surface area contributed by atoms with E-state index in [4.69, 9.17) is 5.73 Å². The number of hydrogen-bond donors (Lipinski definition) is 2. The van der Waals surface area contributed by atoms with E-state index in [1.807, 2.05) is 0 Å². The van der Waals surface area contributed by atoms with Gasteiger partial charge in [0.2, 0.25) is 0 Å². The Morgan fingerprint density at radius 1 is 1.10 bits per heavy atom. The summed E-state index contributed by atoms with van der Waals surface area (Å²) >= 11 is 6.64. The number of nitrogens with two attached hydrogens (primary N) is 1. The van der Waals surface area contributed by atoms with E-state index in [2.05, 4.69) is 36.6 Å². The average molecular weight is 420 g/mol. The first-order chi connectivity index (χ1) is 9.29. The Kier molecular flexibility index (Phi) is 4.41. The predicted molar refractivity (Wildman–Crippen MR) is 88.2 cm³/mol. The van der Waals surface area contributed by atoms with Crippen LogP contribution < -0.4 is 10.5 Å². The van der Waals surface area contributed by atoms with Crippen LogP contribution in [-0.2, 0) is 10.0 Å². The maximum Gasteiger partial charge on any atom is 0.262 e. The molecule has 0 bridgehead atoms. The minimum atomic E-state index is -3.65. The fourth-order valence-electron chi connectivity index (χ4n) is 1.75. The fourth-order valence-corrected chi connectivity index (χ4v) is 4.33. The topological polar surface area (TPSA) is 72.2 Å². The molecule has 2 aromatic rings. The first-order valence-corrected chi connectivity index (χ1v) is 8.70. The van der Waals surface area contributed by atoms with Crippen LogP contribution in [0, 0.1) is 6.92 Å². The van der Waals surface area contributed by atoms with Crippen molar-refractivity contribution in [2.75, 3.05) is 10.5 Å². The van der Waals surface area contributed by atoms with E-state index < -0.39 is 10.0 Å². The Balaban J connectivity index is 2.41. The Hall–Kier alpha value is -1.05. The highest BCUT2D eigenvalue weighted by Gasteiger charge is 2.18. The molecule has 4 nitrogen and oxygen atoms in total. The van der Waals surface area contributed by atoms with Gasteiger partial charge in [-0.25, -0.2) is 8.42 Å². The molecule has 0 fully saturated rings. The summed E-state index contributed by atoms with van der Waals surface area (Å²) in [6.45, 7) is 1.71. The molecule has 0 spiro atoms. The summed E-state index contributed by atoms with van der Waals surface area (Å²) < 4.78 is 28.8. The van der Waals surface area contributed by atoms with E-state index in [0.29, 0.717) is 21.4 Å². The van der Waals surface area contributed by atoms with Crippen LogP contribution in [0.5, 0.6) is 0 Å². The van der Waals surface area contributed by atoms with Gasteiger partial charge in [0, 0.05) is 14.6 Å². The molecule has 0 radical (unpaired) electrons. The van der Waals surface area contributed by atoms with Gasteiger partial charge in [-0.3, -0.25) is 4.72 Å². The molecule has 0 amide bonds. The Morgan fingerprint density at radius 3 is 2.40 bits per heavy atom. The van der Waals surface area contributed by atoms with E-state index in [1.165, 1.54) is 6.07 Å². The van der Waals surface area contributed by atoms with Gasteiger partial charge in [0.15, 0.2) is 0 Å². The van der Waals surface area contributed by atoms with E-state index in [0.717, 1.165) is 4.47 Å². The molecule has 2 rings (SSSR count). The largest absolute Gasteiger partial charge is 0.399 e. The number of sulfonamides is 1. The summed E-state index contributed by atoms with van der Waals surface area (Å²) in [6.07, 6.45) is 0. The number of nitrogen functional groups attached to an aromatic ring is 1. The molecular weight excluding hydrogens is 408 g/mol. The standard InChI is InChI=1S/C13H12Br2N2O2S/c1-8-6-10(16)3-5-13(8)20(18,19)17-12-4-2-9(14)7-11(12)15/h2-7,17H,16H2,1H3. The molecule has 20 heavy (non-hydrogen) atoms. The van der Waals surface area contributed by atoms with Gasteiger partial charge in [-0.15, -0.1) is 0 Å². The van der Waals surface area contributed by atoms with Crippen LogP contribution in [0.15, 0.2) is 50.2 Å². The fraction of sp³-hybridized carbons (Fsp3) is 0.0769. The van der Waals surface area contributed by atoms with Gasteiger partial charge in [-0.2, -0.15) is 0 Å². The van der Waals surface area contributed by atoms with E-state index in [9.17, 15) is 8.42 Å². The van der Waals surface area contributed by atoms with Gasteiger partial charge < -0.3 is 5.73 Å². The molecule has 0 heterocycles. The Morgan fingerprint density at radius 2 is 1.80 bits per heavy atom. The molecule has 0 unspecified atom stereocenters. The normalized spacial score (nSPS) is 11.3. The second-order valence-corrected chi connectivity index (χ2v) is 7.68. The monoisotopic (exact) mass is 418 g/mol. The summed E-state index contributed by atoms with van der Waals surface area (Å²) in [5.41, 5.74) is 7.25. The van der Waals surface area contributed by atoms with Gasteiger partial charge in [0.1, 0.15) is 0 Å². The Labute approximate surface area is 134 Å². The van der Waals surface area contributed by atoms with Crippen LogP contribution in [0.1, 0.15) is 5.56 Å². The lowest BCUT2D eigenvalue weighted by atomic mass is 10.2. The van der Waals surface area contributed by atoms with Crippen LogP contribution in [0.25, 0.3) is 0 Å². The lowest BCUT2D eigenvalue weighted by Crippen LogP contribution is -2.14. The van der Waals surface area contributed by atoms with Crippen LogP contribution in [-0.4, -0.2) is 8.42 Å². The van der Waals surface area contributed by atoms with Crippen molar-refractivity contribution in [2.45, 2.75) is 11.8 Å². The molecule has 7 heteroatoms. The van der Waals surface area contributed by atoms with Crippen LogP contribution >= 0.6 is 31.9 Å². The third-order valence-corrected chi connectivity index (χ3v) is 5.34. The molecule has 2 aromatic carbocycles. The molecule has 0 atom stereocenters. The second kappa shape index (κ2) is 5.75. The number of rotatable bonds is 3. The van der Waals surface area contributed by atoms with Crippen molar-refractivity contribution in [2.24, 2.45) is 0 Å². The molecule has 0 aliphatic heterocycles. The lowest BCUT2D eigenvalue weighted by molar-refractivity contribution is 0.600.